The molecule has 4 unspecified atom stereocenters. The van der Waals surface area contributed by atoms with Gasteiger partial charge in [-0.2, -0.15) is 0 Å². The zero-order chi connectivity index (χ0) is 28.1. The molecule has 0 saturated carbocycles. The molecule has 0 aliphatic rings. The normalized spacial score (nSPS) is 14.0. The molecule has 0 aliphatic carbocycles. The number of nitrogens with one attached hydrogen (secondary N) is 3. The number of aromatic hydroxyl groups is 1. The van der Waals surface area contributed by atoms with E-state index in [1.807, 2.05) is 30.3 Å². The smallest absolute Gasteiger partial charge is 0.326 e. The number of aliphatic carboxylic acids is 1. The van der Waals surface area contributed by atoms with E-state index in [0.29, 0.717) is 37.8 Å². The number of rotatable bonds is 15. The molecule has 0 radical (unpaired) electrons. The van der Waals surface area contributed by atoms with Gasteiger partial charge in [-0.25, -0.2) is 4.79 Å². The van der Waals surface area contributed by atoms with Crippen LogP contribution in [0.2, 0.25) is 0 Å². The molecule has 9 N–H and O–H groups in total. The number of phenolic OH excluding ortho intramolecular Hbond substituents is 1. The third-order valence-corrected chi connectivity index (χ3v) is 5.96. The van der Waals surface area contributed by atoms with Gasteiger partial charge in [0.05, 0.1) is 6.04 Å². The Bertz CT molecular complexity index is 1060. The number of hydrogen-bond acceptors (Lipinski definition) is 7. The average Bonchev–Trinajstić information content (AvgIpc) is 2.89. The van der Waals surface area contributed by atoms with E-state index in [9.17, 15) is 29.4 Å². The van der Waals surface area contributed by atoms with Gasteiger partial charge in [-0.1, -0.05) is 42.5 Å². The highest BCUT2D eigenvalue weighted by Gasteiger charge is 2.28. The number of nitrogens with two attached hydrogens (primary N) is 2. The van der Waals surface area contributed by atoms with Crippen LogP contribution in [0.3, 0.4) is 0 Å². The fourth-order valence-electron chi connectivity index (χ4n) is 3.75. The second kappa shape index (κ2) is 15.3. The highest BCUT2D eigenvalue weighted by molar-refractivity contribution is 5.94. The fraction of sp³-hybridized carbons (Fsp3) is 0.407. The lowest BCUT2D eigenvalue weighted by Crippen LogP contribution is -2.56. The van der Waals surface area contributed by atoms with E-state index in [1.54, 1.807) is 12.1 Å². The second-order valence-electron chi connectivity index (χ2n) is 9.14. The van der Waals surface area contributed by atoms with Crippen molar-refractivity contribution in [2.24, 2.45) is 11.5 Å². The summed E-state index contributed by atoms with van der Waals surface area (Å²) in [6, 6.07) is 11.1. The number of carbonyl (C=O) groups is 4. The number of carbonyl (C=O) groups excluding carboxylic acids is 3. The van der Waals surface area contributed by atoms with Gasteiger partial charge in [-0.3, -0.25) is 14.4 Å². The molecule has 206 valence electrons. The number of hydrogen-bond donors (Lipinski definition) is 7. The number of unbranched alkanes of at least 4 members (excludes halogenated alkanes) is 1. The summed E-state index contributed by atoms with van der Waals surface area (Å²) in [5.74, 6) is -2.99. The summed E-state index contributed by atoms with van der Waals surface area (Å²) in [5, 5.41) is 26.6. The second-order valence-corrected chi connectivity index (χ2v) is 9.14. The first-order valence-electron chi connectivity index (χ1n) is 12.5. The van der Waals surface area contributed by atoms with Crippen LogP contribution in [0.1, 0.15) is 37.3 Å². The summed E-state index contributed by atoms with van der Waals surface area (Å²) in [7, 11) is 0. The minimum atomic E-state index is -1.25. The first-order chi connectivity index (χ1) is 18.1. The van der Waals surface area contributed by atoms with Gasteiger partial charge < -0.3 is 37.6 Å². The number of carboxylic acids is 1. The van der Waals surface area contributed by atoms with Crippen LogP contribution >= 0.6 is 0 Å². The molecule has 0 fully saturated rings. The molecule has 0 aliphatic heterocycles. The maximum absolute atomic E-state index is 13.0. The van der Waals surface area contributed by atoms with E-state index in [0.717, 1.165) is 5.56 Å². The van der Waals surface area contributed by atoms with Crippen LogP contribution in [-0.2, 0) is 32.0 Å². The van der Waals surface area contributed by atoms with Crippen molar-refractivity contribution in [1.29, 1.82) is 0 Å². The number of benzene rings is 2. The Morgan fingerprint density at radius 1 is 0.789 bits per heavy atom. The Morgan fingerprint density at radius 3 is 2.00 bits per heavy atom. The van der Waals surface area contributed by atoms with Gasteiger partial charge in [0.2, 0.25) is 17.7 Å². The number of phenols is 1. The summed E-state index contributed by atoms with van der Waals surface area (Å²) in [6.45, 7) is 1.85. The van der Waals surface area contributed by atoms with Crippen molar-refractivity contribution in [2.75, 3.05) is 6.54 Å². The lowest BCUT2D eigenvalue weighted by Gasteiger charge is -2.23. The average molecular weight is 528 g/mol. The van der Waals surface area contributed by atoms with E-state index in [-0.39, 0.29) is 12.2 Å². The maximum atomic E-state index is 13.0. The van der Waals surface area contributed by atoms with Gasteiger partial charge in [-0.15, -0.1) is 0 Å². The fourth-order valence-corrected chi connectivity index (χ4v) is 3.75. The Balaban J connectivity index is 1.99. The van der Waals surface area contributed by atoms with Gasteiger partial charge >= 0.3 is 5.97 Å². The molecule has 0 spiro atoms. The molecule has 2 aromatic rings. The van der Waals surface area contributed by atoms with Crippen molar-refractivity contribution in [3.8, 4) is 5.75 Å². The lowest BCUT2D eigenvalue weighted by atomic mass is 10.0. The maximum Gasteiger partial charge on any atom is 0.326 e. The lowest BCUT2D eigenvalue weighted by molar-refractivity contribution is -0.142. The summed E-state index contributed by atoms with van der Waals surface area (Å²) < 4.78 is 0. The summed E-state index contributed by atoms with van der Waals surface area (Å²) in [6.07, 6.45) is 1.78. The third-order valence-electron chi connectivity index (χ3n) is 5.96. The first-order valence-corrected chi connectivity index (χ1v) is 12.5. The van der Waals surface area contributed by atoms with Crippen molar-refractivity contribution >= 4 is 23.7 Å². The van der Waals surface area contributed by atoms with Gasteiger partial charge in [0, 0.05) is 6.42 Å². The Hall–Kier alpha value is -3.96. The molecule has 11 nitrogen and oxygen atoms in total. The van der Waals surface area contributed by atoms with Crippen molar-refractivity contribution in [1.82, 2.24) is 16.0 Å². The minimum absolute atomic E-state index is 0.0148. The minimum Gasteiger partial charge on any atom is -0.508 e. The molecule has 2 aromatic carbocycles. The highest BCUT2D eigenvalue weighted by atomic mass is 16.4. The van der Waals surface area contributed by atoms with Crippen LogP contribution in [0, 0.1) is 0 Å². The van der Waals surface area contributed by atoms with Crippen molar-refractivity contribution in [3.05, 3.63) is 65.7 Å². The quantitative estimate of drug-likeness (QED) is 0.159. The van der Waals surface area contributed by atoms with E-state index in [4.69, 9.17) is 11.5 Å². The Labute approximate surface area is 222 Å². The molecule has 4 atom stereocenters. The summed E-state index contributed by atoms with van der Waals surface area (Å²) in [5.41, 5.74) is 13.1. The predicted octanol–water partition coefficient (Wildman–Crippen LogP) is 0.193. The van der Waals surface area contributed by atoms with Gasteiger partial charge in [-0.05, 0) is 62.4 Å². The van der Waals surface area contributed by atoms with Crippen LogP contribution in [-0.4, -0.2) is 64.6 Å². The van der Waals surface area contributed by atoms with Crippen LogP contribution < -0.4 is 27.4 Å². The number of carboxylic acid groups (broad SMARTS) is 1. The predicted molar refractivity (Wildman–Crippen MR) is 142 cm³/mol. The summed E-state index contributed by atoms with van der Waals surface area (Å²) in [4.78, 5) is 50.1. The molecule has 0 saturated heterocycles. The zero-order valence-corrected chi connectivity index (χ0v) is 21.4. The van der Waals surface area contributed by atoms with Crippen molar-refractivity contribution < 1.29 is 29.4 Å². The van der Waals surface area contributed by atoms with Crippen LogP contribution in [0.5, 0.6) is 5.75 Å². The molecular weight excluding hydrogens is 490 g/mol. The van der Waals surface area contributed by atoms with Gasteiger partial charge in [0.1, 0.15) is 23.9 Å². The highest BCUT2D eigenvalue weighted by Crippen LogP contribution is 2.12. The standard InChI is InChI=1S/C27H37N5O6/c1-17(24(34)32-23(27(37)38)16-19-10-12-20(33)13-11-19)30-26(36)22(9-5-6-14-28)31-25(35)21(29)15-18-7-3-2-4-8-18/h2-4,7-8,10-13,17,21-23,33H,5-6,9,14-16,28-29H2,1H3,(H,30,36)(H,31,35)(H,32,34)(H,37,38). The van der Waals surface area contributed by atoms with E-state index in [2.05, 4.69) is 16.0 Å². The molecule has 3 amide bonds. The SMILES string of the molecule is CC(NC(=O)C(CCCCN)NC(=O)C(N)Cc1ccccc1)C(=O)NC(Cc1ccc(O)cc1)C(=O)O. The molecule has 11 heteroatoms. The molecule has 0 heterocycles. The third kappa shape index (κ3) is 10.2. The van der Waals surface area contributed by atoms with E-state index >= 15 is 0 Å². The van der Waals surface area contributed by atoms with Crippen LogP contribution in [0.25, 0.3) is 0 Å². The molecular formula is C27H37N5O6. The Morgan fingerprint density at radius 2 is 1.39 bits per heavy atom. The largest absolute Gasteiger partial charge is 0.508 e. The van der Waals surface area contributed by atoms with Crippen LogP contribution in [0.15, 0.2) is 54.6 Å². The van der Waals surface area contributed by atoms with Crippen molar-refractivity contribution in [2.45, 2.75) is 63.2 Å². The molecule has 2 rings (SSSR count). The molecule has 0 aromatic heterocycles. The van der Waals surface area contributed by atoms with E-state index in [1.165, 1.54) is 19.1 Å². The first kappa shape index (κ1) is 30.3. The van der Waals surface area contributed by atoms with E-state index < -0.39 is 47.9 Å². The number of amides is 3. The van der Waals surface area contributed by atoms with Gasteiger partial charge in [0.25, 0.3) is 0 Å². The van der Waals surface area contributed by atoms with Crippen LogP contribution in [0.4, 0.5) is 0 Å². The Kier molecular flexibility index (Phi) is 12.2. The monoisotopic (exact) mass is 527 g/mol. The molecule has 0 bridgehead atoms. The topological polar surface area (TPSA) is 197 Å². The van der Waals surface area contributed by atoms with Gasteiger partial charge in [0.15, 0.2) is 0 Å². The zero-order valence-electron chi connectivity index (χ0n) is 21.4. The summed E-state index contributed by atoms with van der Waals surface area (Å²) >= 11 is 0. The molecule has 38 heavy (non-hydrogen) atoms. The van der Waals surface area contributed by atoms with Crippen molar-refractivity contribution in [3.63, 3.8) is 0 Å².